The SMILES string of the molecule is CCCCCC/C=C\CCCCCCCC(=O)OC(COCCCCCCCCCCCC/C=C\CCCCCCCCCC)COC1OC(COC2OC(CO)C(O)C(O)C2O)C(O)C(O)C1O. The first-order chi connectivity index (χ1) is 33.6. The molecule has 0 aromatic carbocycles. The molecule has 0 spiro atoms. The molecule has 14 nitrogen and oxygen atoms in total. The van der Waals surface area contributed by atoms with Crippen molar-refractivity contribution in [2.45, 2.75) is 287 Å². The number of esters is 1. The van der Waals surface area contributed by atoms with E-state index in [0.29, 0.717) is 13.0 Å². The lowest BCUT2D eigenvalue weighted by atomic mass is 9.98. The molecule has 0 amide bonds. The number of ether oxygens (including phenoxy) is 6. The normalized spacial score (nSPS) is 25.8. The van der Waals surface area contributed by atoms with Crippen molar-refractivity contribution in [3.8, 4) is 0 Å². The molecular formula is C55H102O14. The molecular weight excluding hydrogens is 885 g/mol. The Morgan fingerprint density at radius 3 is 1.33 bits per heavy atom. The van der Waals surface area contributed by atoms with E-state index in [-0.39, 0.29) is 25.6 Å². The Labute approximate surface area is 417 Å². The molecule has 7 N–H and O–H groups in total. The summed E-state index contributed by atoms with van der Waals surface area (Å²) in [6, 6.07) is 0. The number of hydrogen-bond acceptors (Lipinski definition) is 14. The molecule has 2 heterocycles. The van der Waals surface area contributed by atoms with Gasteiger partial charge in [-0.1, -0.05) is 173 Å². The van der Waals surface area contributed by atoms with Crippen LogP contribution in [0.1, 0.15) is 219 Å². The molecule has 406 valence electrons. The first kappa shape index (κ1) is 63.6. The lowest BCUT2D eigenvalue weighted by Crippen LogP contribution is -2.61. The maximum absolute atomic E-state index is 13.0. The van der Waals surface area contributed by atoms with E-state index in [4.69, 9.17) is 28.4 Å². The van der Waals surface area contributed by atoms with Crippen molar-refractivity contribution in [3.63, 3.8) is 0 Å². The fourth-order valence-electron chi connectivity index (χ4n) is 8.86. The molecule has 2 saturated heterocycles. The summed E-state index contributed by atoms with van der Waals surface area (Å²) < 4.78 is 34.3. The number of allylic oxidation sites excluding steroid dienone is 4. The molecule has 0 aromatic heterocycles. The minimum atomic E-state index is -1.71. The minimum absolute atomic E-state index is 0.0601. The van der Waals surface area contributed by atoms with Gasteiger partial charge in [0.05, 0.1) is 26.4 Å². The highest BCUT2D eigenvalue weighted by molar-refractivity contribution is 5.69. The molecule has 2 fully saturated rings. The average Bonchev–Trinajstić information content (AvgIpc) is 3.35. The predicted molar refractivity (Wildman–Crippen MR) is 270 cm³/mol. The van der Waals surface area contributed by atoms with Crippen LogP contribution < -0.4 is 0 Å². The van der Waals surface area contributed by atoms with Crippen LogP contribution in [0.5, 0.6) is 0 Å². The number of carbonyl (C=O) groups is 1. The van der Waals surface area contributed by atoms with Gasteiger partial charge in [0, 0.05) is 13.0 Å². The van der Waals surface area contributed by atoms with Crippen LogP contribution in [-0.2, 0) is 33.2 Å². The number of hydrogen-bond donors (Lipinski definition) is 7. The van der Waals surface area contributed by atoms with Crippen molar-refractivity contribution >= 4 is 5.97 Å². The van der Waals surface area contributed by atoms with Crippen molar-refractivity contribution in [1.29, 1.82) is 0 Å². The summed E-state index contributed by atoms with van der Waals surface area (Å²) in [5, 5.41) is 72.2. The van der Waals surface area contributed by atoms with E-state index >= 15 is 0 Å². The van der Waals surface area contributed by atoms with Crippen LogP contribution in [0.4, 0.5) is 0 Å². The highest BCUT2D eigenvalue weighted by atomic mass is 16.7. The molecule has 2 aliphatic rings. The maximum atomic E-state index is 13.0. The summed E-state index contributed by atoms with van der Waals surface area (Å²) in [7, 11) is 0. The second-order valence-corrected chi connectivity index (χ2v) is 19.8. The first-order valence-corrected chi connectivity index (χ1v) is 27.9. The van der Waals surface area contributed by atoms with Gasteiger partial charge in [0.2, 0.25) is 0 Å². The quantitative estimate of drug-likeness (QED) is 0.0172. The van der Waals surface area contributed by atoms with Crippen LogP contribution in [0, 0.1) is 0 Å². The van der Waals surface area contributed by atoms with Gasteiger partial charge in [0.1, 0.15) is 54.9 Å². The number of carbonyl (C=O) groups excluding carboxylic acids is 1. The fourth-order valence-corrected chi connectivity index (χ4v) is 8.86. The largest absolute Gasteiger partial charge is 0.457 e. The summed E-state index contributed by atoms with van der Waals surface area (Å²) in [5.74, 6) is -0.384. The third kappa shape index (κ3) is 30.3. The highest BCUT2D eigenvalue weighted by Crippen LogP contribution is 2.26. The van der Waals surface area contributed by atoms with E-state index in [9.17, 15) is 40.5 Å². The predicted octanol–water partition coefficient (Wildman–Crippen LogP) is 9.19. The van der Waals surface area contributed by atoms with Gasteiger partial charge in [-0.15, -0.1) is 0 Å². The molecule has 11 unspecified atom stereocenters. The summed E-state index contributed by atoms with van der Waals surface area (Å²) in [6.07, 6.45) is 31.0. The number of unbranched alkanes of at least 4 members (excludes halogenated alkanes) is 27. The Balaban J connectivity index is 1.71. The average molecular weight is 987 g/mol. The third-order valence-electron chi connectivity index (χ3n) is 13.4. The van der Waals surface area contributed by atoms with Crippen molar-refractivity contribution in [1.82, 2.24) is 0 Å². The van der Waals surface area contributed by atoms with Crippen molar-refractivity contribution < 1.29 is 69.0 Å². The van der Waals surface area contributed by atoms with E-state index in [1.807, 2.05) is 0 Å². The molecule has 2 aliphatic heterocycles. The van der Waals surface area contributed by atoms with Gasteiger partial charge in [-0.3, -0.25) is 4.79 Å². The summed E-state index contributed by atoms with van der Waals surface area (Å²) in [6.45, 7) is 3.68. The smallest absolute Gasteiger partial charge is 0.306 e. The van der Waals surface area contributed by atoms with Gasteiger partial charge in [0.15, 0.2) is 12.6 Å². The van der Waals surface area contributed by atoms with Crippen molar-refractivity contribution in [3.05, 3.63) is 24.3 Å². The van der Waals surface area contributed by atoms with Crippen LogP contribution in [0.15, 0.2) is 24.3 Å². The zero-order valence-corrected chi connectivity index (χ0v) is 43.3. The van der Waals surface area contributed by atoms with Gasteiger partial charge >= 0.3 is 5.97 Å². The van der Waals surface area contributed by atoms with Gasteiger partial charge in [0.25, 0.3) is 0 Å². The fraction of sp³-hybridized carbons (Fsp3) is 0.909. The maximum Gasteiger partial charge on any atom is 0.306 e. The Bertz CT molecular complexity index is 1240. The van der Waals surface area contributed by atoms with Gasteiger partial charge in [-0.05, 0) is 64.2 Å². The molecule has 0 aromatic rings. The number of aliphatic hydroxyl groups is 7. The minimum Gasteiger partial charge on any atom is -0.457 e. The molecule has 14 heteroatoms. The Kier molecular flexibility index (Phi) is 39.6. The zero-order valence-electron chi connectivity index (χ0n) is 43.3. The van der Waals surface area contributed by atoms with Gasteiger partial charge in [-0.2, -0.15) is 0 Å². The second kappa shape index (κ2) is 42.9. The third-order valence-corrected chi connectivity index (χ3v) is 13.4. The lowest BCUT2D eigenvalue weighted by molar-refractivity contribution is -0.332. The van der Waals surface area contributed by atoms with E-state index in [2.05, 4.69) is 38.2 Å². The molecule has 0 saturated carbocycles. The van der Waals surface area contributed by atoms with Gasteiger partial charge < -0.3 is 64.2 Å². The second-order valence-electron chi connectivity index (χ2n) is 19.8. The zero-order chi connectivity index (χ0) is 50.2. The lowest BCUT2D eigenvalue weighted by Gasteiger charge is -2.42. The standard InChI is InChI=1S/C55H102O14/c1-3-5-7-9-11-13-15-17-18-19-20-21-22-23-24-25-27-29-31-33-35-37-39-64-41-44(67-47(57)38-36-34-32-30-28-26-16-14-12-10-8-6-4-2)42-65-54-53(63)51(61)49(59)46(69-54)43-66-55-52(62)50(60)48(58)45(40-56)68-55/h14,16,19-20,44-46,48-56,58-63H,3-13,15,17-18,21-43H2,1-2H3/b16-14-,20-19-. The van der Waals surface area contributed by atoms with E-state index in [1.54, 1.807) is 0 Å². The Morgan fingerprint density at radius 2 is 0.855 bits per heavy atom. The van der Waals surface area contributed by atoms with E-state index < -0.39 is 80.7 Å². The number of rotatable bonds is 45. The Hall–Kier alpha value is -1.53. The highest BCUT2D eigenvalue weighted by Gasteiger charge is 2.47. The summed E-state index contributed by atoms with van der Waals surface area (Å²) >= 11 is 0. The molecule has 0 bridgehead atoms. The van der Waals surface area contributed by atoms with Crippen LogP contribution in [0.3, 0.4) is 0 Å². The molecule has 0 radical (unpaired) electrons. The molecule has 11 atom stereocenters. The monoisotopic (exact) mass is 987 g/mol. The summed E-state index contributed by atoms with van der Waals surface area (Å²) in [4.78, 5) is 13.0. The van der Waals surface area contributed by atoms with Crippen LogP contribution in [-0.4, -0.2) is 142 Å². The summed E-state index contributed by atoms with van der Waals surface area (Å²) in [5.41, 5.74) is 0. The van der Waals surface area contributed by atoms with E-state index in [0.717, 1.165) is 57.8 Å². The topological polar surface area (TPSA) is 214 Å². The van der Waals surface area contributed by atoms with Gasteiger partial charge in [-0.25, -0.2) is 0 Å². The molecule has 0 aliphatic carbocycles. The van der Waals surface area contributed by atoms with E-state index in [1.165, 1.54) is 135 Å². The van der Waals surface area contributed by atoms with Crippen molar-refractivity contribution in [2.24, 2.45) is 0 Å². The number of aliphatic hydroxyl groups excluding tert-OH is 7. The Morgan fingerprint density at radius 1 is 0.464 bits per heavy atom. The van der Waals surface area contributed by atoms with Crippen molar-refractivity contribution in [2.75, 3.05) is 33.0 Å². The van der Waals surface area contributed by atoms with Crippen LogP contribution in [0.2, 0.25) is 0 Å². The first-order valence-electron chi connectivity index (χ1n) is 27.9. The van der Waals surface area contributed by atoms with Crippen LogP contribution >= 0.6 is 0 Å². The molecule has 2 rings (SSSR count). The van der Waals surface area contributed by atoms with Crippen LogP contribution in [0.25, 0.3) is 0 Å². The molecule has 69 heavy (non-hydrogen) atoms.